The van der Waals surface area contributed by atoms with Gasteiger partial charge in [-0.3, -0.25) is 4.79 Å². The van der Waals surface area contributed by atoms with Gasteiger partial charge in [0.15, 0.2) is 5.65 Å². The van der Waals surface area contributed by atoms with Crippen LogP contribution >= 0.6 is 0 Å². The van der Waals surface area contributed by atoms with Gasteiger partial charge in [-0.05, 0) is 0 Å². The van der Waals surface area contributed by atoms with Crippen molar-refractivity contribution in [2.24, 2.45) is 5.73 Å². The van der Waals surface area contributed by atoms with E-state index in [4.69, 9.17) is 5.73 Å². The first-order valence-electron chi connectivity index (χ1n) is 3.66. The monoisotopic (exact) mass is 177 g/mol. The first kappa shape index (κ1) is 7.66. The summed E-state index contributed by atoms with van der Waals surface area (Å²) in [6, 6.07) is 0. The third kappa shape index (κ3) is 1.33. The van der Waals surface area contributed by atoms with Crippen LogP contribution in [0.4, 0.5) is 0 Å². The second-order valence-electron chi connectivity index (χ2n) is 2.57. The lowest BCUT2D eigenvalue weighted by Crippen LogP contribution is -2.17. The molecule has 0 aliphatic rings. The fourth-order valence-corrected chi connectivity index (χ4v) is 1.10. The van der Waals surface area contributed by atoms with E-state index in [2.05, 4.69) is 15.0 Å². The quantitative estimate of drug-likeness (QED) is 0.657. The normalized spacial score (nSPS) is 10.5. The van der Waals surface area contributed by atoms with E-state index in [0.29, 0.717) is 11.2 Å². The number of aromatic nitrogens is 4. The van der Waals surface area contributed by atoms with Crippen LogP contribution in [0.25, 0.3) is 11.2 Å². The maximum atomic E-state index is 10.6. The van der Waals surface area contributed by atoms with E-state index in [1.165, 1.54) is 12.7 Å². The molecule has 0 aliphatic carbocycles. The number of primary amides is 1. The molecule has 2 aromatic heterocycles. The van der Waals surface area contributed by atoms with Crippen LogP contribution in [0.3, 0.4) is 0 Å². The molecule has 2 N–H and O–H groups in total. The van der Waals surface area contributed by atoms with E-state index in [9.17, 15) is 4.79 Å². The Morgan fingerprint density at radius 2 is 2.38 bits per heavy atom. The molecule has 0 saturated heterocycles. The predicted octanol–water partition coefficient (Wildman–Crippen LogP) is -0.688. The van der Waals surface area contributed by atoms with Crippen LogP contribution in [0.5, 0.6) is 0 Å². The Kier molecular flexibility index (Phi) is 1.66. The highest BCUT2D eigenvalue weighted by atomic mass is 16.1. The molecule has 0 spiro atoms. The molecular weight excluding hydrogens is 170 g/mol. The molecule has 1 amide bonds. The van der Waals surface area contributed by atoms with Gasteiger partial charge in [0.25, 0.3) is 0 Å². The zero-order chi connectivity index (χ0) is 9.26. The number of hydrogen-bond donors (Lipinski definition) is 1. The third-order valence-corrected chi connectivity index (χ3v) is 1.63. The van der Waals surface area contributed by atoms with Gasteiger partial charge in [-0.15, -0.1) is 0 Å². The second-order valence-corrected chi connectivity index (χ2v) is 2.57. The Labute approximate surface area is 73.4 Å². The van der Waals surface area contributed by atoms with Crippen molar-refractivity contribution in [3.63, 3.8) is 0 Å². The lowest BCUT2D eigenvalue weighted by atomic mass is 10.5. The molecule has 6 nitrogen and oxygen atoms in total. The number of imidazole rings is 1. The van der Waals surface area contributed by atoms with Crippen molar-refractivity contribution in [2.75, 3.05) is 0 Å². The van der Waals surface area contributed by atoms with E-state index in [0.717, 1.165) is 0 Å². The molecule has 2 aromatic rings. The smallest absolute Gasteiger partial charge is 0.237 e. The number of nitrogens with two attached hydrogens (primary N) is 1. The fourth-order valence-electron chi connectivity index (χ4n) is 1.10. The molecule has 0 aromatic carbocycles. The van der Waals surface area contributed by atoms with Crippen molar-refractivity contribution >= 4 is 17.1 Å². The van der Waals surface area contributed by atoms with Crippen molar-refractivity contribution in [3.05, 3.63) is 18.9 Å². The highest BCUT2D eigenvalue weighted by Gasteiger charge is 2.04. The minimum atomic E-state index is -0.414. The zero-order valence-electron chi connectivity index (χ0n) is 6.71. The van der Waals surface area contributed by atoms with Crippen LogP contribution in [0.15, 0.2) is 18.9 Å². The molecule has 0 radical (unpaired) electrons. The lowest BCUT2D eigenvalue weighted by Gasteiger charge is -1.97. The number of carbonyl (C=O) groups excluding carboxylic acids is 1. The summed E-state index contributed by atoms with van der Waals surface area (Å²) in [6.07, 6.45) is 4.52. The minimum Gasteiger partial charge on any atom is -0.368 e. The Bertz CT molecular complexity index is 449. The summed E-state index contributed by atoms with van der Waals surface area (Å²) >= 11 is 0. The van der Waals surface area contributed by atoms with Gasteiger partial charge >= 0.3 is 0 Å². The topological polar surface area (TPSA) is 86.7 Å². The number of amides is 1. The van der Waals surface area contributed by atoms with Crippen molar-refractivity contribution in [2.45, 2.75) is 6.54 Å². The van der Waals surface area contributed by atoms with Gasteiger partial charge in [0.05, 0.1) is 12.5 Å². The molecule has 6 heteroatoms. The van der Waals surface area contributed by atoms with E-state index in [-0.39, 0.29) is 6.54 Å². The summed E-state index contributed by atoms with van der Waals surface area (Å²) in [5, 5.41) is 0. The largest absolute Gasteiger partial charge is 0.368 e. The zero-order valence-corrected chi connectivity index (χ0v) is 6.71. The molecule has 0 aliphatic heterocycles. The number of nitrogens with zero attached hydrogens (tertiary/aromatic N) is 4. The number of fused-ring (bicyclic) bond motifs is 1. The van der Waals surface area contributed by atoms with E-state index < -0.39 is 5.91 Å². The minimum absolute atomic E-state index is 0.101. The van der Waals surface area contributed by atoms with Gasteiger partial charge in [-0.25, -0.2) is 15.0 Å². The van der Waals surface area contributed by atoms with Gasteiger partial charge in [0.2, 0.25) is 5.91 Å². The second kappa shape index (κ2) is 2.81. The van der Waals surface area contributed by atoms with Crippen LogP contribution in [-0.2, 0) is 11.3 Å². The molecule has 0 atom stereocenters. The number of rotatable bonds is 2. The highest BCUT2D eigenvalue weighted by molar-refractivity contribution is 5.77. The molecule has 0 bridgehead atoms. The molecule has 0 unspecified atom stereocenters. The van der Waals surface area contributed by atoms with Gasteiger partial charge in [0, 0.05) is 0 Å². The van der Waals surface area contributed by atoms with Crippen molar-refractivity contribution in [1.29, 1.82) is 0 Å². The van der Waals surface area contributed by atoms with Crippen molar-refractivity contribution in [3.8, 4) is 0 Å². The average molecular weight is 177 g/mol. The Morgan fingerprint density at radius 3 is 3.15 bits per heavy atom. The van der Waals surface area contributed by atoms with Gasteiger partial charge in [-0.1, -0.05) is 0 Å². The maximum Gasteiger partial charge on any atom is 0.237 e. The fraction of sp³-hybridized carbons (Fsp3) is 0.143. The first-order chi connectivity index (χ1) is 6.27. The predicted molar refractivity (Wildman–Crippen MR) is 44.5 cm³/mol. The van der Waals surface area contributed by atoms with Gasteiger partial charge in [-0.2, -0.15) is 0 Å². The van der Waals surface area contributed by atoms with Gasteiger partial charge in [0.1, 0.15) is 18.4 Å². The standard InChI is InChI=1S/C7H7N5O/c8-6(13)2-12-4-11-7-5(12)1-9-3-10-7/h1,3-4H,2H2,(H2,8,13). The molecule has 0 fully saturated rings. The molecule has 2 rings (SSSR count). The van der Waals surface area contributed by atoms with Crippen LogP contribution in [0.2, 0.25) is 0 Å². The number of hydrogen-bond acceptors (Lipinski definition) is 4. The molecule has 13 heavy (non-hydrogen) atoms. The summed E-state index contributed by atoms with van der Waals surface area (Å²) in [7, 11) is 0. The summed E-state index contributed by atoms with van der Waals surface area (Å²) in [6.45, 7) is 0.101. The van der Waals surface area contributed by atoms with Gasteiger partial charge < -0.3 is 10.3 Å². The Hall–Kier alpha value is -1.98. The maximum absolute atomic E-state index is 10.6. The lowest BCUT2D eigenvalue weighted by molar-refractivity contribution is -0.118. The average Bonchev–Trinajstić information content (AvgIpc) is 2.48. The van der Waals surface area contributed by atoms with Crippen LogP contribution in [0, 0.1) is 0 Å². The van der Waals surface area contributed by atoms with E-state index >= 15 is 0 Å². The highest BCUT2D eigenvalue weighted by Crippen LogP contribution is 2.06. The Morgan fingerprint density at radius 1 is 1.54 bits per heavy atom. The van der Waals surface area contributed by atoms with Crippen molar-refractivity contribution < 1.29 is 4.79 Å². The summed E-state index contributed by atoms with van der Waals surface area (Å²) in [5.74, 6) is -0.414. The first-order valence-corrected chi connectivity index (χ1v) is 3.66. The summed E-state index contributed by atoms with van der Waals surface area (Å²) < 4.78 is 1.61. The van der Waals surface area contributed by atoms with Crippen LogP contribution in [-0.4, -0.2) is 25.4 Å². The van der Waals surface area contributed by atoms with Crippen LogP contribution in [0.1, 0.15) is 0 Å². The van der Waals surface area contributed by atoms with E-state index in [1.807, 2.05) is 0 Å². The number of carbonyl (C=O) groups is 1. The molecule has 0 saturated carbocycles. The third-order valence-electron chi connectivity index (χ3n) is 1.63. The SMILES string of the molecule is NC(=O)Cn1cnc2ncncc21. The van der Waals surface area contributed by atoms with Crippen molar-refractivity contribution in [1.82, 2.24) is 19.5 Å². The summed E-state index contributed by atoms with van der Waals surface area (Å²) in [5.41, 5.74) is 6.32. The molecule has 66 valence electrons. The van der Waals surface area contributed by atoms with Crippen LogP contribution < -0.4 is 5.73 Å². The molecule has 2 heterocycles. The van der Waals surface area contributed by atoms with E-state index in [1.54, 1.807) is 10.8 Å². The molecular formula is C7H7N5O. The Balaban J connectivity index is 2.51. The summed E-state index contributed by atoms with van der Waals surface area (Å²) in [4.78, 5) is 22.4.